The van der Waals surface area contributed by atoms with E-state index in [-0.39, 0.29) is 6.04 Å². The molecule has 0 radical (unpaired) electrons. The van der Waals surface area contributed by atoms with Crippen molar-refractivity contribution in [1.29, 1.82) is 0 Å². The molecule has 1 aliphatic rings. The molecule has 0 spiro atoms. The van der Waals surface area contributed by atoms with Gasteiger partial charge >= 0.3 is 5.97 Å². The summed E-state index contributed by atoms with van der Waals surface area (Å²) in [6.07, 6.45) is 3.71. The number of hydrogen-bond acceptors (Lipinski definition) is 3. The average Bonchev–Trinajstić information content (AvgIpc) is 3.00. The fraction of sp³-hybridized carbons (Fsp3) is 0.923. The van der Waals surface area contributed by atoms with Crippen LogP contribution in [0.5, 0.6) is 0 Å². The number of carboxylic acids is 1. The SMILES string of the molecule is CCCN(CC1CC1)CC(NC(C)C)C(=O)O. The van der Waals surface area contributed by atoms with Gasteiger partial charge in [0.1, 0.15) is 6.04 Å². The molecule has 1 atom stereocenters. The summed E-state index contributed by atoms with van der Waals surface area (Å²) >= 11 is 0. The van der Waals surface area contributed by atoms with E-state index in [0.29, 0.717) is 6.54 Å². The summed E-state index contributed by atoms with van der Waals surface area (Å²) < 4.78 is 0. The van der Waals surface area contributed by atoms with E-state index >= 15 is 0 Å². The van der Waals surface area contributed by atoms with Gasteiger partial charge in [-0.05, 0) is 31.7 Å². The number of hydrogen-bond donors (Lipinski definition) is 2. The number of nitrogens with one attached hydrogen (secondary N) is 1. The van der Waals surface area contributed by atoms with Gasteiger partial charge in [0.25, 0.3) is 0 Å². The molecule has 0 amide bonds. The Labute approximate surface area is 104 Å². The van der Waals surface area contributed by atoms with E-state index in [1.807, 2.05) is 13.8 Å². The van der Waals surface area contributed by atoms with Gasteiger partial charge in [0.2, 0.25) is 0 Å². The lowest BCUT2D eigenvalue weighted by molar-refractivity contribution is -0.140. The molecule has 0 bridgehead atoms. The molecule has 4 heteroatoms. The number of carbonyl (C=O) groups is 1. The normalized spacial score (nSPS) is 17.7. The Morgan fingerprint density at radius 3 is 2.53 bits per heavy atom. The highest BCUT2D eigenvalue weighted by Crippen LogP contribution is 2.29. The zero-order valence-electron chi connectivity index (χ0n) is 11.3. The fourth-order valence-electron chi connectivity index (χ4n) is 2.10. The fourth-order valence-corrected chi connectivity index (χ4v) is 2.10. The van der Waals surface area contributed by atoms with Crippen molar-refractivity contribution >= 4 is 5.97 Å². The Hall–Kier alpha value is -0.610. The van der Waals surface area contributed by atoms with Gasteiger partial charge < -0.3 is 15.3 Å². The predicted molar refractivity (Wildman–Crippen MR) is 69.2 cm³/mol. The van der Waals surface area contributed by atoms with Crippen molar-refractivity contribution in [2.24, 2.45) is 5.92 Å². The van der Waals surface area contributed by atoms with Crippen molar-refractivity contribution in [1.82, 2.24) is 10.2 Å². The van der Waals surface area contributed by atoms with Gasteiger partial charge in [-0.2, -0.15) is 0 Å². The second kappa shape index (κ2) is 6.97. The maximum atomic E-state index is 11.2. The molecule has 4 nitrogen and oxygen atoms in total. The Morgan fingerprint density at radius 2 is 2.12 bits per heavy atom. The van der Waals surface area contributed by atoms with Crippen molar-refractivity contribution in [2.75, 3.05) is 19.6 Å². The number of carboxylic acid groups (broad SMARTS) is 1. The number of rotatable bonds is 9. The summed E-state index contributed by atoms with van der Waals surface area (Å²) in [5.41, 5.74) is 0. The van der Waals surface area contributed by atoms with E-state index < -0.39 is 12.0 Å². The van der Waals surface area contributed by atoms with Crippen LogP contribution in [0.4, 0.5) is 0 Å². The van der Waals surface area contributed by atoms with E-state index in [1.165, 1.54) is 12.8 Å². The minimum absolute atomic E-state index is 0.209. The largest absolute Gasteiger partial charge is 0.480 e. The molecule has 0 aliphatic heterocycles. The zero-order chi connectivity index (χ0) is 12.8. The maximum Gasteiger partial charge on any atom is 0.322 e. The third-order valence-corrected chi connectivity index (χ3v) is 3.03. The third-order valence-electron chi connectivity index (χ3n) is 3.03. The van der Waals surface area contributed by atoms with E-state index in [0.717, 1.165) is 25.4 Å². The molecule has 0 aromatic rings. The first-order chi connectivity index (χ1) is 8.02. The van der Waals surface area contributed by atoms with Gasteiger partial charge in [0.15, 0.2) is 0 Å². The lowest BCUT2D eigenvalue weighted by Crippen LogP contribution is -2.49. The average molecular weight is 242 g/mol. The van der Waals surface area contributed by atoms with E-state index in [1.54, 1.807) is 0 Å². The van der Waals surface area contributed by atoms with Crippen LogP contribution in [0.25, 0.3) is 0 Å². The lowest BCUT2D eigenvalue weighted by Gasteiger charge is -2.26. The predicted octanol–water partition coefficient (Wildman–Crippen LogP) is 1.56. The zero-order valence-corrected chi connectivity index (χ0v) is 11.3. The third kappa shape index (κ3) is 6.03. The van der Waals surface area contributed by atoms with Gasteiger partial charge in [0.05, 0.1) is 0 Å². The second-order valence-electron chi connectivity index (χ2n) is 5.42. The Bertz CT molecular complexity index is 240. The monoisotopic (exact) mass is 242 g/mol. The van der Waals surface area contributed by atoms with Gasteiger partial charge in [-0.25, -0.2) is 0 Å². The van der Waals surface area contributed by atoms with E-state index in [2.05, 4.69) is 17.1 Å². The topological polar surface area (TPSA) is 52.6 Å². The quantitative estimate of drug-likeness (QED) is 0.644. The first kappa shape index (κ1) is 14.5. The molecule has 0 heterocycles. The molecular formula is C13H26N2O2. The molecular weight excluding hydrogens is 216 g/mol. The van der Waals surface area contributed by atoms with Crippen LogP contribution in [0, 0.1) is 5.92 Å². The molecule has 0 saturated heterocycles. The molecule has 100 valence electrons. The molecule has 1 unspecified atom stereocenters. The molecule has 1 aliphatic carbocycles. The van der Waals surface area contributed by atoms with Crippen LogP contribution in [0.15, 0.2) is 0 Å². The van der Waals surface area contributed by atoms with Crippen molar-refractivity contribution < 1.29 is 9.90 Å². The van der Waals surface area contributed by atoms with Crippen LogP contribution < -0.4 is 5.32 Å². The van der Waals surface area contributed by atoms with Gasteiger partial charge in [-0.3, -0.25) is 4.79 Å². The van der Waals surface area contributed by atoms with E-state index in [4.69, 9.17) is 0 Å². The minimum Gasteiger partial charge on any atom is -0.480 e. The minimum atomic E-state index is -0.740. The summed E-state index contributed by atoms with van der Waals surface area (Å²) in [5, 5.41) is 12.3. The summed E-state index contributed by atoms with van der Waals surface area (Å²) in [6, 6.07) is -0.235. The van der Waals surface area contributed by atoms with Crippen LogP contribution in [0.2, 0.25) is 0 Å². The lowest BCUT2D eigenvalue weighted by atomic mass is 10.2. The van der Waals surface area contributed by atoms with E-state index in [9.17, 15) is 9.90 Å². The second-order valence-corrected chi connectivity index (χ2v) is 5.42. The Balaban J connectivity index is 2.44. The molecule has 1 rings (SSSR count). The smallest absolute Gasteiger partial charge is 0.322 e. The number of aliphatic carboxylic acids is 1. The summed E-state index contributed by atoms with van der Waals surface area (Å²) in [6.45, 7) is 8.81. The summed E-state index contributed by atoms with van der Waals surface area (Å²) in [7, 11) is 0. The highest BCUT2D eigenvalue weighted by Gasteiger charge is 2.27. The Kier molecular flexibility index (Phi) is 5.92. The molecule has 1 saturated carbocycles. The standard InChI is InChI=1S/C13H26N2O2/c1-4-7-15(8-11-5-6-11)9-12(13(16)17)14-10(2)3/h10-12,14H,4-9H2,1-3H3,(H,16,17). The first-order valence-electron chi connectivity index (χ1n) is 6.74. The van der Waals surface area contributed by atoms with Gasteiger partial charge in [-0.1, -0.05) is 20.8 Å². The highest BCUT2D eigenvalue weighted by atomic mass is 16.4. The van der Waals surface area contributed by atoms with Crippen LogP contribution in [-0.2, 0) is 4.79 Å². The van der Waals surface area contributed by atoms with Crippen LogP contribution >= 0.6 is 0 Å². The molecule has 17 heavy (non-hydrogen) atoms. The summed E-state index contributed by atoms with van der Waals surface area (Å²) in [5.74, 6) is 0.0747. The van der Waals surface area contributed by atoms with Gasteiger partial charge in [0, 0.05) is 19.1 Å². The van der Waals surface area contributed by atoms with Crippen molar-refractivity contribution in [3.63, 3.8) is 0 Å². The first-order valence-corrected chi connectivity index (χ1v) is 6.74. The van der Waals surface area contributed by atoms with Crippen molar-refractivity contribution in [2.45, 2.75) is 52.1 Å². The van der Waals surface area contributed by atoms with Crippen molar-refractivity contribution in [3.8, 4) is 0 Å². The maximum absolute atomic E-state index is 11.2. The number of nitrogens with zero attached hydrogens (tertiary/aromatic N) is 1. The van der Waals surface area contributed by atoms with Crippen LogP contribution in [-0.4, -0.2) is 47.7 Å². The highest BCUT2D eigenvalue weighted by molar-refractivity contribution is 5.73. The van der Waals surface area contributed by atoms with Crippen molar-refractivity contribution in [3.05, 3.63) is 0 Å². The molecule has 2 N–H and O–H groups in total. The Morgan fingerprint density at radius 1 is 1.47 bits per heavy atom. The molecule has 0 aromatic heterocycles. The molecule has 1 fully saturated rings. The molecule has 0 aromatic carbocycles. The van der Waals surface area contributed by atoms with Crippen LogP contribution in [0.1, 0.15) is 40.0 Å². The summed E-state index contributed by atoms with van der Waals surface area (Å²) in [4.78, 5) is 13.5. The van der Waals surface area contributed by atoms with Crippen LogP contribution in [0.3, 0.4) is 0 Å². The van der Waals surface area contributed by atoms with Gasteiger partial charge in [-0.15, -0.1) is 0 Å².